The molecule has 30 heavy (non-hydrogen) atoms. The number of amides is 1. The highest BCUT2D eigenvalue weighted by Crippen LogP contribution is 2.20. The number of aromatic amines is 1. The van der Waals surface area contributed by atoms with Gasteiger partial charge in [0, 0.05) is 11.1 Å². The number of rotatable bonds is 6. The first-order valence-corrected chi connectivity index (χ1v) is 10.1. The van der Waals surface area contributed by atoms with E-state index in [0.717, 1.165) is 34.0 Å². The standard InChI is InChI=1S/C25H24N4O/c1-17(2)14-18-10-12-20(13-11-18)23-15-24(28-27-23)25(30)29-26-16-21-8-5-7-19-6-3-4-9-22(19)21/h3-13,15-17H,14H2,1-2H3,(H,27,28)(H,29,30)/b26-16+. The first-order valence-electron chi connectivity index (χ1n) is 10.1. The monoisotopic (exact) mass is 396 g/mol. The van der Waals surface area contributed by atoms with Gasteiger partial charge in [-0.3, -0.25) is 9.89 Å². The Balaban J connectivity index is 1.43. The van der Waals surface area contributed by atoms with Gasteiger partial charge in [-0.2, -0.15) is 10.2 Å². The number of nitrogens with zero attached hydrogens (tertiary/aromatic N) is 2. The van der Waals surface area contributed by atoms with Crippen molar-refractivity contribution in [3.63, 3.8) is 0 Å². The minimum absolute atomic E-state index is 0.332. The van der Waals surface area contributed by atoms with Crippen LogP contribution in [0.5, 0.6) is 0 Å². The van der Waals surface area contributed by atoms with Crippen molar-refractivity contribution < 1.29 is 4.79 Å². The van der Waals surface area contributed by atoms with Crippen molar-refractivity contribution in [2.75, 3.05) is 0 Å². The van der Waals surface area contributed by atoms with E-state index in [4.69, 9.17) is 0 Å². The van der Waals surface area contributed by atoms with E-state index in [0.29, 0.717) is 11.6 Å². The average molecular weight is 396 g/mol. The Hall–Kier alpha value is -3.73. The van der Waals surface area contributed by atoms with Gasteiger partial charge in [0.05, 0.1) is 11.9 Å². The minimum atomic E-state index is -0.332. The first kappa shape index (κ1) is 19.6. The third-order valence-electron chi connectivity index (χ3n) is 4.91. The number of aromatic nitrogens is 2. The summed E-state index contributed by atoms with van der Waals surface area (Å²) in [5.74, 6) is 0.285. The molecule has 3 aromatic carbocycles. The topological polar surface area (TPSA) is 70.1 Å². The van der Waals surface area contributed by atoms with E-state index in [2.05, 4.69) is 46.7 Å². The molecule has 0 aliphatic carbocycles. The number of nitrogens with one attached hydrogen (secondary N) is 2. The summed E-state index contributed by atoms with van der Waals surface area (Å²) in [5, 5.41) is 13.4. The smallest absolute Gasteiger partial charge is 0.272 e. The number of hydrogen-bond acceptors (Lipinski definition) is 3. The molecule has 2 N–H and O–H groups in total. The molecule has 1 aromatic heterocycles. The second-order valence-corrected chi connectivity index (χ2v) is 7.73. The van der Waals surface area contributed by atoms with Crippen molar-refractivity contribution in [2.45, 2.75) is 20.3 Å². The van der Waals surface area contributed by atoms with Crippen LogP contribution in [0.15, 0.2) is 77.9 Å². The van der Waals surface area contributed by atoms with Gasteiger partial charge >= 0.3 is 0 Å². The predicted molar refractivity (Wildman–Crippen MR) is 122 cm³/mol. The molecule has 0 aliphatic rings. The summed E-state index contributed by atoms with van der Waals surface area (Å²) in [6.07, 6.45) is 2.70. The molecule has 0 saturated heterocycles. The fraction of sp³-hybridized carbons (Fsp3) is 0.160. The molecule has 150 valence electrons. The molecule has 4 aromatic rings. The molecule has 0 bridgehead atoms. The fourth-order valence-corrected chi connectivity index (χ4v) is 3.45. The van der Waals surface area contributed by atoms with E-state index < -0.39 is 0 Å². The normalized spacial score (nSPS) is 11.4. The van der Waals surface area contributed by atoms with Crippen LogP contribution in [0.3, 0.4) is 0 Å². The molecule has 1 heterocycles. The van der Waals surface area contributed by atoms with Crippen LogP contribution in [-0.4, -0.2) is 22.3 Å². The Kier molecular flexibility index (Phi) is 5.70. The van der Waals surface area contributed by atoms with Crippen LogP contribution in [0.4, 0.5) is 0 Å². The molecule has 0 radical (unpaired) electrons. The first-order chi connectivity index (χ1) is 14.6. The van der Waals surface area contributed by atoms with E-state index in [1.807, 2.05) is 54.6 Å². The molecule has 0 aliphatic heterocycles. The van der Waals surface area contributed by atoms with Crippen LogP contribution < -0.4 is 5.43 Å². The SMILES string of the molecule is CC(C)Cc1ccc(-c2cc(C(=O)N/N=C/c3cccc4ccccc34)[nH]n2)cc1. The summed E-state index contributed by atoms with van der Waals surface area (Å²) < 4.78 is 0. The Morgan fingerprint density at radius 2 is 1.83 bits per heavy atom. The van der Waals surface area contributed by atoms with Crippen molar-refractivity contribution in [3.8, 4) is 11.3 Å². The van der Waals surface area contributed by atoms with E-state index in [1.54, 1.807) is 12.3 Å². The number of H-pyrrole nitrogens is 1. The van der Waals surface area contributed by atoms with Gasteiger partial charge in [-0.15, -0.1) is 0 Å². The van der Waals surface area contributed by atoms with Crippen molar-refractivity contribution in [1.29, 1.82) is 0 Å². The highest BCUT2D eigenvalue weighted by Gasteiger charge is 2.10. The van der Waals surface area contributed by atoms with Crippen molar-refractivity contribution in [3.05, 3.63) is 89.6 Å². The largest absolute Gasteiger partial charge is 0.289 e. The van der Waals surface area contributed by atoms with E-state index >= 15 is 0 Å². The predicted octanol–water partition coefficient (Wildman–Crippen LogP) is 5.19. The molecule has 5 heteroatoms. The van der Waals surface area contributed by atoms with Gasteiger partial charge in [0.25, 0.3) is 5.91 Å². The Morgan fingerprint density at radius 1 is 1.07 bits per heavy atom. The van der Waals surface area contributed by atoms with E-state index in [1.165, 1.54) is 5.56 Å². The van der Waals surface area contributed by atoms with Crippen molar-refractivity contribution >= 4 is 22.9 Å². The fourth-order valence-electron chi connectivity index (χ4n) is 3.45. The van der Waals surface area contributed by atoms with Gasteiger partial charge in [-0.1, -0.05) is 80.6 Å². The lowest BCUT2D eigenvalue weighted by atomic mass is 10.0. The molecular weight excluding hydrogens is 372 g/mol. The summed E-state index contributed by atoms with van der Waals surface area (Å²) in [6, 6.07) is 24.1. The summed E-state index contributed by atoms with van der Waals surface area (Å²) in [6.45, 7) is 4.41. The van der Waals surface area contributed by atoms with Gasteiger partial charge in [0.15, 0.2) is 0 Å². The second kappa shape index (κ2) is 8.74. The molecule has 4 rings (SSSR count). The number of carbonyl (C=O) groups excluding carboxylic acids is 1. The van der Waals surface area contributed by atoms with Gasteiger partial charge in [0.2, 0.25) is 0 Å². The summed E-state index contributed by atoms with van der Waals surface area (Å²) >= 11 is 0. The van der Waals surface area contributed by atoms with Crippen molar-refractivity contribution in [1.82, 2.24) is 15.6 Å². The van der Waals surface area contributed by atoms with Gasteiger partial charge in [-0.25, -0.2) is 5.43 Å². The highest BCUT2D eigenvalue weighted by molar-refractivity contribution is 6.00. The number of carbonyl (C=O) groups is 1. The molecule has 5 nitrogen and oxygen atoms in total. The van der Waals surface area contributed by atoms with Crippen LogP contribution in [-0.2, 0) is 6.42 Å². The second-order valence-electron chi connectivity index (χ2n) is 7.73. The maximum atomic E-state index is 12.4. The Morgan fingerprint density at radius 3 is 2.63 bits per heavy atom. The molecule has 0 fully saturated rings. The average Bonchev–Trinajstić information content (AvgIpc) is 3.24. The zero-order chi connectivity index (χ0) is 20.9. The number of hydrogen-bond donors (Lipinski definition) is 2. The number of hydrazone groups is 1. The molecular formula is C25H24N4O. The van der Waals surface area contributed by atoms with E-state index in [-0.39, 0.29) is 5.91 Å². The summed E-state index contributed by atoms with van der Waals surface area (Å²) in [4.78, 5) is 12.4. The summed E-state index contributed by atoms with van der Waals surface area (Å²) in [7, 11) is 0. The maximum absolute atomic E-state index is 12.4. The van der Waals surface area contributed by atoms with Gasteiger partial charge in [0.1, 0.15) is 5.69 Å². The number of fused-ring (bicyclic) bond motifs is 1. The Bertz CT molecular complexity index is 1180. The molecule has 1 amide bonds. The van der Waals surface area contributed by atoms with Crippen molar-refractivity contribution in [2.24, 2.45) is 11.0 Å². The highest BCUT2D eigenvalue weighted by atomic mass is 16.2. The quantitative estimate of drug-likeness (QED) is 0.348. The summed E-state index contributed by atoms with van der Waals surface area (Å²) in [5.41, 5.74) is 6.88. The zero-order valence-electron chi connectivity index (χ0n) is 17.1. The van der Waals surface area contributed by atoms with Crippen LogP contribution >= 0.6 is 0 Å². The maximum Gasteiger partial charge on any atom is 0.289 e. The zero-order valence-corrected chi connectivity index (χ0v) is 17.1. The van der Waals surface area contributed by atoms with Crippen LogP contribution in [0, 0.1) is 5.92 Å². The third kappa shape index (κ3) is 4.46. The van der Waals surface area contributed by atoms with Gasteiger partial charge < -0.3 is 0 Å². The molecule has 0 atom stereocenters. The lowest BCUT2D eigenvalue weighted by molar-refractivity contribution is 0.0950. The third-order valence-corrected chi connectivity index (χ3v) is 4.91. The van der Waals surface area contributed by atoms with E-state index in [9.17, 15) is 4.79 Å². The van der Waals surface area contributed by atoms with Crippen LogP contribution in [0.1, 0.15) is 35.5 Å². The van der Waals surface area contributed by atoms with Gasteiger partial charge in [-0.05, 0) is 34.7 Å². The number of benzene rings is 3. The Labute approximate surface area is 175 Å². The van der Waals surface area contributed by atoms with Crippen LogP contribution in [0.2, 0.25) is 0 Å². The molecule has 0 saturated carbocycles. The lowest BCUT2D eigenvalue weighted by Gasteiger charge is -2.05. The molecule has 0 spiro atoms. The lowest BCUT2D eigenvalue weighted by Crippen LogP contribution is -2.18. The minimum Gasteiger partial charge on any atom is -0.272 e. The molecule has 0 unspecified atom stereocenters. The van der Waals surface area contributed by atoms with Crippen LogP contribution in [0.25, 0.3) is 22.0 Å².